The van der Waals surface area contributed by atoms with Crippen molar-refractivity contribution in [2.75, 3.05) is 25.9 Å². The first-order valence-electron chi connectivity index (χ1n) is 5.33. The topological polar surface area (TPSA) is 32.3 Å². The summed E-state index contributed by atoms with van der Waals surface area (Å²) >= 11 is 4.02. The maximum Gasteiger partial charge on any atom is 0.232 e. The zero-order valence-electron chi connectivity index (χ0n) is 8.83. The molecule has 0 saturated carbocycles. The van der Waals surface area contributed by atoms with Crippen LogP contribution < -0.4 is 5.32 Å². The molecule has 1 unspecified atom stereocenters. The van der Waals surface area contributed by atoms with E-state index in [2.05, 4.69) is 17.9 Å². The minimum Gasteiger partial charge on any atom is -0.342 e. The largest absolute Gasteiger partial charge is 0.342 e. The molecule has 1 saturated heterocycles. The first-order valence-corrected chi connectivity index (χ1v) is 5.96. The Morgan fingerprint density at radius 2 is 2.21 bits per heavy atom. The third-order valence-corrected chi connectivity index (χ3v) is 3.14. The van der Waals surface area contributed by atoms with Crippen molar-refractivity contribution in [1.29, 1.82) is 0 Å². The van der Waals surface area contributed by atoms with Gasteiger partial charge in [-0.15, -0.1) is 0 Å². The Morgan fingerprint density at radius 3 is 2.93 bits per heavy atom. The zero-order valence-corrected chi connectivity index (χ0v) is 9.72. The van der Waals surface area contributed by atoms with Crippen LogP contribution in [0.15, 0.2) is 0 Å². The van der Waals surface area contributed by atoms with Gasteiger partial charge in [-0.05, 0) is 32.4 Å². The summed E-state index contributed by atoms with van der Waals surface area (Å²) in [6.07, 6.45) is 4.63. The SMILES string of the molecule is CN(C(=O)CS)C1CCCCNCC1. The van der Waals surface area contributed by atoms with E-state index in [-0.39, 0.29) is 5.91 Å². The number of hydrogen-bond acceptors (Lipinski definition) is 3. The quantitative estimate of drug-likeness (QED) is 0.672. The molecule has 1 heterocycles. The maximum atomic E-state index is 11.4. The monoisotopic (exact) mass is 216 g/mol. The molecule has 1 fully saturated rings. The molecule has 1 rings (SSSR count). The van der Waals surface area contributed by atoms with Crippen LogP contribution in [0.3, 0.4) is 0 Å². The lowest BCUT2D eigenvalue weighted by Gasteiger charge is -2.29. The fourth-order valence-electron chi connectivity index (χ4n) is 1.87. The van der Waals surface area contributed by atoms with Crippen LogP contribution in [0.2, 0.25) is 0 Å². The molecular formula is C10H20N2OS. The maximum absolute atomic E-state index is 11.4. The summed E-state index contributed by atoms with van der Waals surface area (Å²) in [4.78, 5) is 13.3. The Morgan fingerprint density at radius 1 is 1.43 bits per heavy atom. The summed E-state index contributed by atoms with van der Waals surface area (Å²) in [5.74, 6) is 0.458. The molecule has 1 aliphatic rings. The van der Waals surface area contributed by atoms with E-state index in [1.165, 1.54) is 12.8 Å². The van der Waals surface area contributed by atoms with Gasteiger partial charge in [0.25, 0.3) is 0 Å². The molecular weight excluding hydrogens is 196 g/mol. The molecule has 1 N–H and O–H groups in total. The number of thiol groups is 1. The standard InChI is InChI=1S/C10H20N2OS/c1-12(10(13)8-14)9-4-2-3-6-11-7-5-9/h9,11,14H,2-8H2,1H3. The molecule has 0 bridgehead atoms. The molecule has 0 aromatic heterocycles. The summed E-state index contributed by atoms with van der Waals surface area (Å²) < 4.78 is 0. The molecule has 1 atom stereocenters. The second kappa shape index (κ2) is 6.30. The fourth-order valence-corrected chi connectivity index (χ4v) is 2.09. The third kappa shape index (κ3) is 3.50. The normalized spacial score (nSPS) is 23.7. The highest BCUT2D eigenvalue weighted by Gasteiger charge is 2.18. The van der Waals surface area contributed by atoms with Crippen molar-refractivity contribution in [2.45, 2.75) is 31.7 Å². The molecule has 0 aliphatic carbocycles. The number of nitrogens with one attached hydrogen (secondary N) is 1. The van der Waals surface area contributed by atoms with Crippen LogP contribution in [-0.4, -0.2) is 42.7 Å². The van der Waals surface area contributed by atoms with E-state index in [9.17, 15) is 4.79 Å². The lowest BCUT2D eigenvalue weighted by molar-refractivity contribution is -0.129. The Balaban J connectivity index is 2.42. The second-order valence-electron chi connectivity index (χ2n) is 3.85. The van der Waals surface area contributed by atoms with Crippen molar-refractivity contribution < 1.29 is 4.79 Å². The molecule has 0 spiro atoms. The highest BCUT2D eigenvalue weighted by Crippen LogP contribution is 2.13. The van der Waals surface area contributed by atoms with Crippen LogP contribution in [0, 0.1) is 0 Å². The van der Waals surface area contributed by atoms with Gasteiger partial charge in [0.2, 0.25) is 5.91 Å². The van der Waals surface area contributed by atoms with Crippen molar-refractivity contribution in [1.82, 2.24) is 10.2 Å². The molecule has 14 heavy (non-hydrogen) atoms. The van der Waals surface area contributed by atoms with Crippen LogP contribution in [-0.2, 0) is 4.79 Å². The van der Waals surface area contributed by atoms with Crippen LogP contribution in [0.1, 0.15) is 25.7 Å². The number of rotatable bonds is 2. The van der Waals surface area contributed by atoms with Gasteiger partial charge in [-0.25, -0.2) is 0 Å². The number of amides is 1. The Hall–Kier alpha value is -0.220. The van der Waals surface area contributed by atoms with Gasteiger partial charge in [-0.3, -0.25) is 4.79 Å². The van der Waals surface area contributed by atoms with E-state index in [0.717, 1.165) is 25.9 Å². The summed E-state index contributed by atoms with van der Waals surface area (Å²) in [6.45, 7) is 2.14. The van der Waals surface area contributed by atoms with Gasteiger partial charge in [0.1, 0.15) is 0 Å². The first kappa shape index (κ1) is 11.9. The van der Waals surface area contributed by atoms with Crippen molar-refractivity contribution in [2.24, 2.45) is 0 Å². The van der Waals surface area contributed by atoms with Gasteiger partial charge in [0, 0.05) is 13.1 Å². The predicted molar refractivity (Wildman–Crippen MR) is 61.7 cm³/mol. The highest BCUT2D eigenvalue weighted by atomic mass is 32.1. The molecule has 0 radical (unpaired) electrons. The number of carbonyl (C=O) groups is 1. The summed E-state index contributed by atoms with van der Waals surface area (Å²) in [7, 11) is 1.89. The number of nitrogens with zero attached hydrogens (tertiary/aromatic N) is 1. The molecule has 82 valence electrons. The van der Waals surface area contributed by atoms with Gasteiger partial charge < -0.3 is 10.2 Å². The summed E-state index contributed by atoms with van der Waals surface area (Å²) in [6, 6.07) is 0.405. The Bertz CT molecular complexity index is 179. The molecule has 1 amide bonds. The fraction of sp³-hybridized carbons (Fsp3) is 0.900. The molecule has 0 aromatic carbocycles. The highest BCUT2D eigenvalue weighted by molar-refractivity contribution is 7.81. The molecule has 1 aliphatic heterocycles. The van der Waals surface area contributed by atoms with Crippen molar-refractivity contribution in [3.8, 4) is 0 Å². The average molecular weight is 216 g/mol. The minimum atomic E-state index is 0.138. The van der Waals surface area contributed by atoms with Crippen LogP contribution in [0.4, 0.5) is 0 Å². The van der Waals surface area contributed by atoms with E-state index in [4.69, 9.17) is 0 Å². The van der Waals surface area contributed by atoms with Gasteiger partial charge >= 0.3 is 0 Å². The third-order valence-electron chi connectivity index (χ3n) is 2.87. The smallest absolute Gasteiger partial charge is 0.232 e. The van der Waals surface area contributed by atoms with Crippen LogP contribution in [0.5, 0.6) is 0 Å². The van der Waals surface area contributed by atoms with Gasteiger partial charge in [0.05, 0.1) is 5.75 Å². The van der Waals surface area contributed by atoms with E-state index in [0.29, 0.717) is 11.8 Å². The van der Waals surface area contributed by atoms with Crippen molar-refractivity contribution in [3.05, 3.63) is 0 Å². The van der Waals surface area contributed by atoms with E-state index >= 15 is 0 Å². The van der Waals surface area contributed by atoms with Crippen LogP contribution >= 0.6 is 12.6 Å². The minimum absolute atomic E-state index is 0.138. The van der Waals surface area contributed by atoms with E-state index in [1.807, 2.05) is 11.9 Å². The lowest BCUT2D eigenvalue weighted by atomic mass is 10.0. The molecule has 4 heteroatoms. The first-order chi connectivity index (χ1) is 6.75. The van der Waals surface area contributed by atoms with Crippen molar-refractivity contribution >= 4 is 18.5 Å². The Labute approximate surface area is 91.6 Å². The molecule has 0 aromatic rings. The Kier molecular flexibility index (Phi) is 5.33. The van der Waals surface area contributed by atoms with E-state index in [1.54, 1.807) is 0 Å². The summed E-state index contributed by atoms with van der Waals surface area (Å²) in [5.41, 5.74) is 0. The van der Waals surface area contributed by atoms with Gasteiger partial charge in [-0.2, -0.15) is 12.6 Å². The zero-order chi connectivity index (χ0) is 10.4. The van der Waals surface area contributed by atoms with Gasteiger partial charge in [0.15, 0.2) is 0 Å². The lowest BCUT2D eigenvalue weighted by Crippen LogP contribution is -2.40. The van der Waals surface area contributed by atoms with Crippen molar-refractivity contribution in [3.63, 3.8) is 0 Å². The van der Waals surface area contributed by atoms with Crippen LogP contribution in [0.25, 0.3) is 0 Å². The average Bonchev–Trinajstić information content (AvgIpc) is 2.15. The number of carbonyl (C=O) groups excluding carboxylic acids is 1. The molecule has 3 nitrogen and oxygen atoms in total. The van der Waals surface area contributed by atoms with E-state index < -0.39 is 0 Å². The van der Waals surface area contributed by atoms with Gasteiger partial charge in [-0.1, -0.05) is 6.42 Å². The number of hydrogen-bond donors (Lipinski definition) is 2. The summed E-state index contributed by atoms with van der Waals surface area (Å²) in [5, 5.41) is 3.37. The predicted octanol–water partition coefficient (Wildman–Crippen LogP) is 0.907. The second-order valence-corrected chi connectivity index (χ2v) is 4.17.